The summed E-state index contributed by atoms with van der Waals surface area (Å²) in [6.45, 7) is 9.60. The third kappa shape index (κ3) is 2.88. The Bertz CT molecular complexity index is 875. The molecule has 8 nitrogen and oxygen atoms in total. The van der Waals surface area contributed by atoms with Crippen LogP contribution in [0.4, 0.5) is 11.8 Å². The maximum absolute atomic E-state index is 4.58. The van der Waals surface area contributed by atoms with Crippen LogP contribution in [0, 0.1) is 13.8 Å². The Kier molecular flexibility index (Phi) is 3.95. The van der Waals surface area contributed by atoms with Gasteiger partial charge in [-0.05, 0) is 26.3 Å². The van der Waals surface area contributed by atoms with Gasteiger partial charge in [-0.3, -0.25) is 5.10 Å². The number of aromatic nitrogens is 6. The van der Waals surface area contributed by atoms with Crippen LogP contribution in [0.1, 0.15) is 24.0 Å². The minimum atomic E-state index is 0.807. The third-order valence-corrected chi connectivity index (χ3v) is 4.58. The van der Waals surface area contributed by atoms with Crippen LogP contribution in [-0.2, 0) is 6.42 Å². The van der Waals surface area contributed by atoms with E-state index in [1.807, 2.05) is 19.9 Å². The van der Waals surface area contributed by atoms with Crippen LogP contribution in [-0.4, -0.2) is 56.3 Å². The first-order valence-electron chi connectivity index (χ1n) is 8.66. The Hall–Kier alpha value is -2.77. The summed E-state index contributed by atoms with van der Waals surface area (Å²) in [5.41, 5.74) is 3.84. The zero-order valence-corrected chi connectivity index (χ0v) is 14.8. The van der Waals surface area contributed by atoms with Crippen LogP contribution in [0.2, 0.25) is 0 Å². The van der Waals surface area contributed by atoms with Gasteiger partial charge in [-0.2, -0.15) is 5.10 Å². The summed E-state index contributed by atoms with van der Waals surface area (Å²) in [6, 6.07) is 2.00. The molecule has 3 aromatic rings. The molecule has 0 saturated carbocycles. The van der Waals surface area contributed by atoms with Crippen molar-refractivity contribution in [3.8, 4) is 0 Å². The normalized spacial score (nSPS) is 15.2. The lowest BCUT2D eigenvalue weighted by molar-refractivity contribution is 0.634. The number of nitrogens with zero attached hydrogens (tertiary/aromatic N) is 7. The fourth-order valence-electron chi connectivity index (χ4n) is 3.37. The van der Waals surface area contributed by atoms with E-state index in [2.05, 4.69) is 46.9 Å². The van der Waals surface area contributed by atoms with Gasteiger partial charge < -0.3 is 9.80 Å². The molecule has 4 rings (SSSR count). The van der Waals surface area contributed by atoms with Gasteiger partial charge in [0, 0.05) is 37.6 Å². The van der Waals surface area contributed by atoms with E-state index in [9.17, 15) is 0 Å². The predicted octanol–water partition coefficient (Wildman–Crippen LogP) is 1.65. The van der Waals surface area contributed by atoms with E-state index in [1.54, 1.807) is 6.33 Å². The van der Waals surface area contributed by atoms with E-state index in [0.29, 0.717) is 0 Å². The van der Waals surface area contributed by atoms with Gasteiger partial charge in [-0.15, -0.1) is 0 Å². The molecule has 1 N–H and O–H groups in total. The molecule has 25 heavy (non-hydrogen) atoms. The number of fused-ring (bicyclic) bond motifs is 1. The molecule has 0 unspecified atom stereocenters. The van der Waals surface area contributed by atoms with Crippen LogP contribution in [0.15, 0.2) is 12.4 Å². The van der Waals surface area contributed by atoms with Crippen LogP contribution >= 0.6 is 0 Å². The van der Waals surface area contributed by atoms with Crippen LogP contribution in [0.5, 0.6) is 0 Å². The molecule has 8 heteroatoms. The van der Waals surface area contributed by atoms with E-state index in [-0.39, 0.29) is 0 Å². The van der Waals surface area contributed by atoms with Crippen LogP contribution in [0.3, 0.4) is 0 Å². The van der Waals surface area contributed by atoms with Gasteiger partial charge >= 0.3 is 0 Å². The minimum Gasteiger partial charge on any atom is -0.352 e. The van der Waals surface area contributed by atoms with Crippen molar-refractivity contribution in [2.45, 2.75) is 27.2 Å². The Morgan fingerprint density at radius 3 is 2.36 bits per heavy atom. The number of anilines is 2. The van der Waals surface area contributed by atoms with Crippen molar-refractivity contribution in [3.63, 3.8) is 0 Å². The number of piperazine rings is 1. The zero-order chi connectivity index (χ0) is 17.4. The zero-order valence-electron chi connectivity index (χ0n) is 14.8. The molecule has 0 aliphatic carbocycles. The van der Waals surface area contributed by atoms with Crippen molar-refractivity contribution < 1.29 is 0 Å². The van der Waals surface area contributed by atoms with Crippen molar-refractivity contribution in [1.82, 2.24) is 30.1 Å². The van der Waals surface area contributed by atoms with Crippen LogP contribution in [0.25, 0.3) is 11.0 Å². The minimum absolute atomic E-state index is 0.807. The van der Waals surface area contributed by atoms with Gasteiger partial charge in [0.05, 0.1) is 11.1 Å². The monoisotopic (exact) mass is 338 g/mol. The molecule has 3 aromatic heterocycles. The van der Waals surface area contributed by atoms with E-state index in [4.69, 9.17) is 0 Å². The molecule has 0 atom stereocenters. The van der Waals surface area contributed by atoms with E-state index < -0.39 is 0 Å². The van der Waals surface area contributed by atoms with Gasteiger partial charge in [0.15, 0.2) is 5.65 Å². The first-order chi connectivity index (χ1) is 12.2. The second-order valence-corrected chi connectivity index (χ2v) is 6.37. The summed E-state index contributed by atoms with van der Waals surface area (Å²) in [5, 5.41) is 8.42. The molecular weight excluding hydrogens is 316 g/mol. The fourth-order valence-corrected chi connectivity index (χ4v) is 3.37. The molecular formula is C17H22N8. The number of aryl methyl sites for hydroxylation is 3. The van der Waals surface area contributed by atoms with Crippen LogP contribution < -0.4 is 9.80 Å². The molecule has 0 radical (unpaired) electrons. The van der Waals surface area contributed by atoms with Gasteiger partial charge in [0.2, 0.25) is 5.95 Å². The predicted molar refractivity (Wildman–Crippen MR) is 97.0 cm³/mol. The maximum atomic E-state index is 4.58. The molecule has 130 valence electrons. The van der Waals surface area contributed by atoms with Crippen molar-refractivity contribution in [1.29, 1.82) is 0 Å². The molecule has 1 aliphatic rings. The summed E-state index contributed by atoms with van der Waals surface area (Å²) in [7, 11) is 0. The third-order valence-electron chi connectivity index (χ3n) is 4.58. The molecule has 1 fully saturated rings. The van der Waals surface area contributed by atoms with Crippen molar-refractivity contribution in [3.05, 3.63) is 29.5 Å². The first kappa shape index (κ1) is 15.7. The lowest BCUT2D eigenvalue weighted by Gasteiger charge is -2.35. The second kappa shape index (κ2) is 6.27. The quantitative estimate of drug-likeness (QED) is 0.777. The second-order valence-electron chi connectivity index (χ2n) is 6.37. The van der Waals surface area contributed by atoms with E-state index in [1.165, 1.54) is 0 Å². The maximum Gasteiger partial charge on any atom is 0.225 e. The highest BCUT2D eigenvalue weighted by molar-refractivity contribution is 5.89. The number of rotatable bonds is 3. The largest absolute Gasteiger partial charge is 0.352 e. The number of nitrogens with one attached hydrogen (secondary N) is 1. The van der Waals surface area contributed by atoms with Crippen molar-refractivity contribution >= 4 is 22.8 Å². The summed E-state index contributed by atoms with van der Waals surface area (Å²) in [4.78, 5) is 22.5. The highest BCUT2D eigenvalue weighted by atomic mass is 15.3. The van der Waals surface area contributed by atoms with Gasteiger partial charge in [0.25, 0.3) is 0 Å². The average Bonchev–Trinajstić information content (AvgIpc) is 3.04. The Morgan fingerprint density at radius 1 is 1.00 bits per heavy atom. The topological polar surface area (TPSA) is 86.7 Å². The molecule has 0 aromatic carbocycles. The molecule has 1 aliphatic heterocycles. The Balaban J connectivity index is 1.57. The highest BCUT2D eigenvalue weighted by Crippen LogP contribution is 2.26. The Labute approximate surface area is 146 Å². The molecule has 4 heterocycles. The number of aromatic amines is 1. The number of hydrogen-bond acceptors (Lipinski definition) is 7. The smallest absolute Gasteiger partial charge is 0.225 e. The lowest BCUT2D eigenvalue weighted by atomic mass is 10.2. The standard InChI is InChI=1S/C17H22N8/c1-4-13-14-15(23-22-13)18-10-19-16(14)24-5-7-25(8-6-24)17-20-11(2)9-12(3)21-17/h9-10H,4-8H2,1-3H3,(H,18,19,22,23). The fraction of sp³-hybridized carbons (Fsp3) is 0.471. The lowest BCUT2D eigenvalue weighted by Crippen LogP contribution is -2.47. The van der Waals surface area contributed by atoms with Gasteiger partial charge in [-0.25, -0.2) is 19.9 Å². The average molecular weight is 338 g/mol. The summed E-state index contributed by atoms with van der Waals surface area (Å²) >= 11 is 0. The van der Waals surface area contributed by atoms with Crippen molar-refractivity contribution in [2.24, 2.45) is 0 Å². The summed E-state index contributed by atoms with van der Waals surface area (Å²) < 4.78 is 0. The number of H-pyrrole nitrogens is 1. The number of hydrogen-bond donors (Lipinski definition) is 1. The molecule has 1 saturated heterocycles. The van der Waals surface area contributed by atoms with Gasteiger partial charge in [0.1, 0.15) is 12.1 Å². The van der Waals surface area contributed by atoms with Gasteiger partial charge in [-0.1, -0.05) is 6.92 Å². The highest BCUT2D eigenvalue weighted by Gasteiger charge is 2.23. The first-order valence-corrected chi connectivity index (χ1v) is 8.66. The van der Waals surface area contributed by atoms with E-state index >= 15 is 0 Å². The van der Waals surface area contributed by atoms with Crippen molar-refractivity contribution in [2.75, 3.05) is 36.0 Å². The summed E-state index contributed by atoms with van der Waals surface area (Å²) in [6.07, 6.45) is 2.46. The van der Waals surface area contributed by atoms with E-state index in [0.717, 1.165) is 72.5 Å². The molecule has 0 amide bonds. The summed E-state index contributed by atoms with van der Waals surface area (Å²) in [5.74, 6) is 1.79. The SMILES string of the molecule is CCc1n[nH]c2ncnc(N3CCN(c4nc(C)cc(C)n4)CC3)c12. The Morgan fingerprint density at radius 2 is 1.68 bits per heavy atom. The molecule has 0 bridgehead atoms. The molecule has 0 spiro atoms.